The van der Waals surface area contributed by atoms with E-state index >= 15 is 0 Å². The van der Waals surface area contributed by atoms with Crippen LogP contribution in [0.4, 0.5) is 5.82 Å². The Morgan fingerprint density at radius 3 is 2.68 bits per heavy atom. The Morgan fingerprint density at radius 1 is 1.09 bits per heavy atom. The third-order valence-corrected chi connectivity index (χ3v) is 6.47. The molecule has 5 aromatic rings. The maximum absolute atomic E-state index is 13.3. The van der Waals surface area contributed by atoms with E-state index in [1.807, 2.05) is 42.5 Å². The van der Waals surface area contributed by atoms with Crippen LogP contribution in [-0.4, -0.2) is 20.3 Å². The van der Waals surface area contributed by atoms with Crippen molar-refractivity contribution in [3.8, 4) is 11.3 Å². The van der Waals surface area contributed by atoms with Gasteiger partial charge in [0.15, 0.2) is 0 Å². The number of halogens is 1. The van der Waals surface area contributed by atoms with Crippen LogP contribution in [0, 0.1) is 0 Å². The lowest BCUT2D eigenvalue weighted by atomic mass is 10.2. The van der Waals surface area contributed by atoms with E-state index in [0.717, 1.165) is 10.4 Å². The van der Waals surface area contributed by atoms with Crippen molar-refractivity contribution >= 4 is 34.7 Å². The van der Waals surface area contributed by atoms with Gasteiger partial charge in [-0.1, -0.05) is 41.9 Å². The van der Waals surface area contributed by atoms with Gasteiger partial charge in [0.2, 0.25) is 0 Å². The standard InChI is InChI=1S/C25H19ClN4O3S/c26-22-9-8-19(34-22)14-27-23-13-21(28-30(23)24(31)18-10-12-33-16-18)20-7-4-11-29(25(20)32)15-17-5-2-1-3-6-17/h1-13,16,27H,14-15H2. The zero-order valence-corrected chi connectivity index (χ0v) is 19.4. The molecule has 0 saturated heterocycles. The van der Waals surface area contributed by atoms with Crippen LogP contribution in [0.25, 0.3) is 11.3 Å². The molecule has 0 spiro atoms. The van der Waals surface area contributed by atoms with Crippen LogP contribution >= 0.6 is 22.9 Å². The number of aromatic nitrogens is 3. The molecule has 0 amide bonds. The van der Waals surface area contributed by atoms with Gasteiger partial charge in [0.1, 0.15) is 17.8 Å². The van der Waals surface area contributed by atoms with E-state index in [1.165, 1.54) is 28.5 Å². The molecule has 0 aliphatic rings. The first-order chi connectivity index (χ1) is 16.6. The van der Waals surface area contributed by atoms with Crippen molar-refractivity contribution in [2.45, 2.75) is 13.1 Å². The smallest absolute Gasteiger partial charge is 0.283 e. The number of carbonyl (C=O) groups excluding carboxylic acids is 1. The summed E-state index contributed by atoms with van der Waals surface area (Å²) in [6.07, 6.45) is 4.53. The fraction of sp³-hybridized carbons (Fsp3) is 0.0800. The predicted octanol–water partition coefficient (Wildman–Crippen LogP) is 5.37. The fourth-order valence-corrected chi connectivity index (χ4v) is 4.59. The highest BCUT2D eigenvalue weighted by Gasteiger charge is 2.20. The van der Waals surface area contributed by atoms with E-state index in [9.17, 15) is 9.59 Å². The molecular weight excluding hydrogens is 472 g/mol. The van der Waals surface area contributed by atoms with E-state index in [1.54, 1.807) is 35.0 Å². The number of hydrogen-bond donors (Lipinski definition) is 1. The maximum Gasteiger partial charge on any atom is 0.283 e. The number of thiophene rings is 1. The molecule has 9 heteroatoms. The minimum absolute atomic E-state index is 0.191. The second kappa shape index (κ2) is 9.54. The lowest BCUT2D eigenvalue weighted by Crippen LogP contribution is -2.21. The van der Waals surface area contributed by atoms with Crippen molar-refractivity contribution in [2.24, 2.45) is 0 Å². The molecule has 170 valence electrons. The summed E-state index contributed by atoms with van der Waals surface area (Å²) in [5, 5.41) is 7.73. The summed E-state index contributed by atoms with van der Waals surface area (Å²) in [7, 11) is 0. The average molecular weight is 491 g/mol. The highest BCUT2D eigenvalue weighted by molar-refractivity contribution is 7.16. The van der Waals surface area contributed by atoms with Crippen molar-refractivity contribution in [2.75, 3.05) is 5.32 Å². The van der Waals surface area contributed by atoms with Gasteiger partial charge >= 0.3 is 0 Å². The lowest BCUT2D eigenvalue weighted by Gasteiger charge is -2.07. The van der Waals surface area contributed by atoms with Crippen molar-refractivity contribution in [3.63, 3.8) is 0 Å². The number of anilines is 1. The maximum atomic E-state index is 13.3. The molecule has 1 N–H and O–H groups in total. The van der Waals surface area contributed by atoms with E-state index < -0.39 is 0 Å². The molecule has 0 radical (unpaired) electrons. The van der Waals surface area contributed by atoms with Crippen LogP contribution in [0.3, 0.4) is 0 Å². The van der Waals surface area contributed by atoms with Crippen LogP contribution in [0.1, 0.15) is 20.8 Å². The summed E-state index contributed by atoms with van der Waals surface area (Å²) < 4.78 is 8.63. The number of hydrogen-bond acceptors (Lipinski definition) is 6. The van der Waals surface area contributed by atoms with Gasteiger partial charge in [-0.15, -0.1) is 11.3 Å². The first-order valence-corrected chi connectivity index (χ1v) is 11.7. The van der Waals surface area contributed by atoms with Crippen molar-refractivity contribution < 1.29 is 9.21 Å². The summed E-state index contributed by atoms with van der Waals surface area (Å²) >= 11 is 7.48. The largest absolute Gasteiger partial charge is 0.472 e. The summed E-state index contributed by atoms with van der Waals surface area (Å²) in [4.78, 5) is 27.3. The highest BCUT2D eigenvalue weighted by atomic mass is 35.5. The third kappa shape index (κ3) is 4.59. The van der Waals surface area contributed by atoms with Gasteiger partial charge in [-0.05, 0) is 35.9 Å². The predicted molar refractivity (Wildman–Crippen MR) is 133 cm³/mol. The summed E-state index contributed by atoms with van der Waals surface area (Å²) in [5.41, 5.74) is 1.98. The molecule has 5 rings (SSSR count). The lowest BCUT2D eigenvalue weighted by molar-refractivity contribution is 0.0947. The molecule has 34 heavy (non-hydrogen) atoms. The van der Waals surface area contributed by atoms with E-state index in [4.69, 9.17) is 16.0 Å². The van der Waals surface area contributed by atoms with Gasteiger partial charge in [-0.25, -0.2) is 0 Å². The minimum atomic E-state index is -0.368. The second-order valence-electron chi connectivity index (χ2n) is 7.54. The van der Waals surface area contributed by atoms with E-state index in [-0.39, 0.29) is 11.5 Å². The average Bonchev–Trinajstić information content (AvgIpc) is 3.61. The van der Waals surface area contributed by atoms with E-state index in [0.29, 0.717) is 40.1 Å². The molecule has 0 fully saturated rings. The van der Waals surface area contributed by atoms with E-state index in [2.05, 4.69) is 10.4 Å². The van der Waals surface area contributed by atoms with Gasteiger partial charge < -0.3 is 14.3 Å². The molecule has 1 aromatic carbocycles. The third-order valence-electron chi connectivity index (χ3n) is 5.23. The Labute approximate surface area is 203 Å². The zero-order chi connectivity index (χ0) is 23.5. The normalized spacial score (nSPS) is 11.0. The monoisotopic (exact) mass is 490 g/mol. The second-order valence-corrected chi connectivity index (χ2v) is 9.34. The molecule has 0 aliphatic carbocycles. The Balaban J connectivity index is 1.51. The number of nitrogens with one attached hydrogen (secondary N) is 1. The van der Waals surface area contributed by atoms with Crippen LogP contribution in [0.5, 0.6) is 0 Å². The number of rotatable bonds is 7. The quantitative estimate of drug-likeness (QED) is 0.331. The molecule has 0 unspecified atom stereocenters. The molecule has 4 heterocycles. The number of benzene rings is 1. The SMILES string of the molecule is O=C(c1ccoc1)n1nc(-c2cccn(Cc3ccccc3)c2=O)cc1NCc1ccc(Cl)s1. The Kier molecular flexibility index (Phi) is 6.16. The Hall–Kier alpha value is -3.88. The molecule has 4 aromatic heterocycles. The number of nitrogens with zero attached hydrogens (tertiary/aromatic N) is 3. The first kappa shape index (κ1) is 21.9. The van der Waals surface area contributed by atoms with Crippen molar-refractivity contribution in [3.05, 3.63) is 116 Å². The zero-order valence-electron chi connectivity index (χ0n) is 17.8. The van der Waals surface area contributed by atoms with Crippen molar-refractivity contribution in [1.29, 1.82) is 0 Å². The number of furan rings is 1. The number of pyridine rings is 1. The molecular formula is C25H19ClN4O3S. The van der Waals surface area contributed by atoms with Crippen LogP contribution in [0.15, 0.2) is 94.7 Å². The van der Waals surface area contributed by atoms with Gasteiger partial charge in [-0.3, -0.25) is 9.59 Å². The van der Waals surface area contributed by atoms with Crippen LogP contribution < -0.4 is 10.9 Å². The molecule has 0 aliphatic heterocycles. The molecule has 0 atom stereocenters. The summed E-state index contributed by atoms with van der Waals surface area (Å²) in [5.74, 6) is 0.0934. The van der Waals surface area contributed by atoms with Gasteiger partial charge in [0.25, 0.3) is 11.5 Å². The number of carbonyl (C=O) groups is 1. The van der Waals surface area contributed by atoms with Gasteiger partial charge in [0.05, 0.1) is 34.8 Å². The fourth-order valence-electron chi connectivity index (χ4n) is 3.56. The Morgan fingerprint density at radius 2 is 1.94 bits per heavy atom. The van der Waals surface area contributed by atoms with Gasteiger partial charge in [0, 0.05) is 17.1 Å². The topological polar surface area (TPSA) is 82.1 Å². The Bertz CT molecular complexity index is 1490. The minimum Gasteiger partial charge on any atom is -0.472 e. The molecule has 7 nitrogen and oxygen atoms in total. The summed E-state index contributed by atoms with van der Waals surface area (Å²) in [6, 6.07) is 20.3. The van der Waals surface area contributed by atoms with Crippen LogP contribution in [-0.2, 0) is 13.1 Å². The first-order valence-electron chi connectivity index (χ1n) is 10.5. The molecule has 0 saturated carbocycles. The van der Waals surface area contributed by atoms with Gasteiger partial charge in [-0.2, -0.15) is 9.78 Å². The summed E-state index contributed by atoms with van der Waals surface area (Å²) in [6.45, 7) is 0.890. The molecule has 0 bridgehead atoms. The van der Waals surface area contributed by atoms with Crippen molar-refractivity contribution in [1.82, 2.24) is 14.3 Å². The highest BCUT2D eigenvalue weighted by Crippen LogP contribution is 2.25. The van der Waals surface area contributed by atoms with Crippen LogP contribution in [0.2, 0.25) is 4.34 Å².